The van der Waals surface area contributed by atoms with Gasteiger partial charge >= 0.3 is 0 Å². The van der Waals surface area contributed by atoms with E-state index in [0.717, 1.165) is 19.6 Å². The van der Waals surface area contributed by atoms with Crippen molar-refractivity contribution in [1.82, 2.24) is 14.8 Å². The monoisotopic (exact) mass is 489 g/mol. The van der Waals surface area contributed by atoms with Crippen LogP contribution in [0, 0.1) is 0 Å². The first-order valence-electron chi connectivity index (χ1n) is 9.68. The standard InChI is InChI=1S/C19H29BrClN3O3Si/c1-18(2,3)28(4,5)27-11-10-23-8-6-19(7-9-23)22-16(25)15-14(21)12-13(20)17(26)24(15)19/h12H,6-11H2,1-5H3,(H,22,25). The van der Waals surface area contributed by atoms with Crippen LogP contribution in [0.4, 0.5) is 0 Å². The summed E-state index contributed by atoms with van der Waals surface area (Å²) >= 11 is 9.52. The number of likely N-dealkylation sites (tertiary alicyclic amines) is 1. The van der Waals surface area contributed by atoms with E-state index >= 15 is 0 Å². The molecule has 1 saturated heterocycles. The van der Waals surface area contributed by atoms with Gasteiger partial charge in [0.05, 0.1) is 9.50 Å². The minimum Gasteiger partial charge on any atom is -0.416 e. The smallest absolute Gasteiger partial charge is 0.271 e. The Morgan fingerprint density at radius 3 is 2.46 bits per heavy atom. The van der Waals surface area contributed by atoms with E-state index in [1.165, 1.54) is 6.07 Å². The highest BCUT2D eigenvalue weighted by atomic mass is 79.9. The molecule has 3 rings (SSSR count). The molecule has 0 saturated carbocycles. The van der Waals surface area contributed by atoms with Gasteiger partial charge in [0.1, 0.15) is 11.4 Å². The number of piperidine rings is 1. The number of fused-ring (bicyclic) bond motifs is 2. The molecule has 0 bridgehead atoms. The molecule has 156 valence electrons. The third kappa shape index (κ3) is 3.86. The molecule has 1 fully saturated rings. The van der Waals surface area contributed by atoms with Gasteiger partial charge < -0.3 is 14.6 Å². The average molecular weight is 491 g/mol. The molecule has 0 aromatic carbocycles. The van der Waals surface area contributed by atoms with Crippen LogP contribution in [0.5, 0.6) is 0 Å². The van der Waals surface area contributed by atoms with Crippen LogP contribution in [-0.4, -0.2) is 49.9 Å². The van der Waals surface area contributed by atoms with Crippen LogP contribution >= 0.6 is 27.5 Å². The molecule has 1 aromatic rings. The molecule has 0 radical (unpaired) electrons. The molecular weight excluding hydrogens is 462 g/mol. The zero-order valence-electron chi connectivity index (χ0n) is 17.2. The molecule has 0 atom stereocenters. The molecule has 28 heavy (non-hydrogen) atoms. The molecule has 1 spiro atoms. The fourth-order valence-electron chi connectivity index (χ4n) is 3.64. The summed E-state index contributed by atoms with van der Waals surface area (Å²) in [6.07, 6.45) is 1.33. The molecule has 0 aliphatic carbocycles. The summed E-state index contributed by atoms with van der Waals surface area (Å²) < 4.78 is 8.22. The lowest BCUT2D eigenvalue weighted by Crippen LogP contribution is -2.55. The SMILES string of the molecule is CC(C)(C)[Si](C)(C)OCCN1CCC2(CC1)NC(=O)c1c(Cl)cc(Br)c(=O)n12. The fraction of sp³-hybridized carbons (Fsp3) is 0.684. The van der Waals surface area contributed by atoms with E-state index in [2.05, 4.69) is 60.0 Å². The molecule has 9 heteroatoms. The Bertz CT molecular complexity index is 842. The lowest BCUT2D eigenvalue weighted by Gasteiger charge is -2.41. The second kappa shape index (κ2) is 7.54. The molecule has 6 nitrogen and oxygen atoms in total. The van der Waals surface area contributed by atoms with Crippen molar-refractivity contribution in [3.8, 4) is 0 Å². The normalized spacial score (nSPS) is 19.8. The summed E-state index contributed by atoms with van der Waals surface area (Å²) in [6.45, 7) is 14.4. The van der Waals surface area contributed by atoms with Crippen molar-refractivity contribution >= 4 is 41.8 Å². The van der Waals surface area contributed by atoms with Gasteiger partial charge in [-0.25, -0.2) is 0 Å². The molecule has 1 N–H and O–H groups in total. The van der Waals surface area contributed by atoms with E-state index in [1.807, 2.05) is 0 Å². The van der Waals surface area contributed by atoms with Gasteiger partial charge in [-0.15, -0.1) is 0 Å². The van der Waals surface area contributed by atoms with E-state index in [-0.39, 0.29) is 22.2 Å². The summed E-state index contributed by atoms with van der Waals surface area (Å²) in [5, 5.41) is 3.53. The Hall–Kier alpha value is -0.673. The van der Waals surface area contributed by atoms with Crippen LogP contribution in [0.2, 0.25) is 23.2 Å². The van der Waals surface area contributed by atoms with Gasteiger partial charge in [0, 0.05) is 39.1 Å². The zero-order valence-corrected chi connectivity index (χ0v) is 20.5. The Labute approximate surface area is 180 Å². The van der Waals surface area contributed by atoms with Crippen molar-refractivity contribution in [3.63, 3.8) is 0 Å². The number of amides is 1. The third-order valence-electron chi connectivity index (χ3n) is 6.46. The number of rotatable bonds is 4. The predicted molar refractivity (Wildman–Crippen MR) is 118 cm³/mol. The topological polar surface area (TPSA) is 63.6 Å². The Morgan fingerprint density at radius 2 is 1.89 bits per heavy atom. The maximum Gasteiger partial charge on any atom is 0.271 e. The number of aromatic nitrogens is 1. The first-order valence-corrected chi connectivity index (χ1v) is 13.8. The minimum atomic E-state index is -1.75. The molecule has 3 heterocycles. The summed E-state index contributed by atoms with van der Waals surface area (Å²) in [5.74, 6) is -0.274. The van der Waals surface area contributed by atoms with Crippen LogP contribution in [0.3, 0.4) is 0 Å². The second-order valence-corrected chi connectivity index (χ2v) is 15.3. The number of hydrogen-bond donors (Lipinski definition) is 1. The summed E-state index contributed by atoms with van der Waals surface area (Å²) in [5.41, 5.74) is -0.634. The van der Waals surface area contributed by atoms with Crippen molar-refractivity contribution in [1.29, 1.82) is 0 Å². The van der Waals surface area contributed by atoms with Crippen LogP contribution in [-0.2, 0) is 10.1 Å². The van der Waals surface area contributed by atoms with Crippen LogP contribution in [0.15, 0.2) is 15.3 Å². The highest BCUT2D eigenvalue weighted by Gasteiger charge is 2.46. The van der Waals surface area contributed by atoms with Crippen LogP contribution < -0.4 is 10.9 Å². The van der Waals surface area contributed by atoms with Gasteiger partial charge in [-0.2, -0.15) is 0 Å². The first-order chi connectivity index (χ1) is 12.9. The first kappa shape index (κ1) is 22.0. The van der Waals surface area contributed by atoms with E-state index in [1.54, 1.807) is 4.57 Å². The molecule has 1 aromatic heterocycles. The largest absolute Gasteiger partial charge is 0.416 e. The van der Waals surface area contributed by atoms with Gasteiger partial charge in [-0.05, 0) is 40.1 Å². The zero-order chi connectivity index (χ0) is 20.9. The average Bonchev–Trinajstić information content (AvgIpc) is 2.86. The maximum atomic E-state index is 12.7. The third-order valence-corrected chi connectivity index (χ3v) is 11.9. The number of hydrogen-bond acceptors (Lipinski definition) is 4. The van der Waals surface area contributed by atoms with E-state index in [9.17, 15) is 9.59 Å². The molecule has 2 aliphatic rings. The van der Waals surface area contributed by atoms with Crippen LogP contribution in [0.25, 0.3) is 0 Å². The lowest BCUT2D eigenvalue weighted by atomic mass is 9.97. The number of nitrogens with zero attached hydrogens (tertiary/aromatic N) is 2. The second-order valence-electron chi connectivity index (χ2n) is 9.27. The summed E-state index contributed by atoms with van der Waals surface area (Å²) in [4.78, 5) is 27.5. The van der Waals surface area contributed by atoms with Crippen molar-refractivity contribution in [2.45, 2.75) is 57.4 Å². The summed E-state index contributed by atoms with van der Waals surface area (Å²) in [6, 6.07) is 1.50. The molecule has 2 aliphatic heterocycles. The maximum absolute atomic E-state index is 12.7. The Balaban J connectivity index is 1.67. The van der Waals surface area contributed by atoms with Crippen molar-refractivity contribution in [2.75, 3.05) is 26.2 Å². The van der Waals surface area contributed by atoms with E-state index in [4.69, 9.17) is 16.0 Å². The van der Waals surface area contributed by atoms with Gasteiger partial charge in [0.2, 0.25) is 0 Å². The number of carbonyl (C=O) groups is 1. The highest BCUT2D eigenvalue weighted by molar-refractivity contribution is 9.10. The van der Waals surface area contributed by atoms with E-state index in [0.29, 0.717) is 28.9 Å². The van der Waals surface area contributed by atoms with Gasteiger partial charge in [-0.3, -0.25) is 14.2 Å². The van der Waals surface area contributed by atoms with Gasteiger partial charge in [-0.1, -0.05) is 32.4 Å². The quantitative estimate of drug-likeness (QED) is 0.653. The van der Waals surface area contributed by atoms with Gasteiger partial charge in [0.15, 0.2) is 8.32 Å². The minimum absolute atomic E-state index is 0.199. The van der Waals surface area contributed by atoms with Crippen LogP contribution in [0.1, 0.15) is 44.1 Å². The predicted octanol–water partition coefficient (Wildman–Crippen LogP) is 3.78. The van der Waals surface area contributed by atoms with Gasteiger partial charge in [0.25, 0.3) is 11.5 Å². The number of carbonyl (C=O) groups excluding carboxylic acids is 1. The molecular formula is C19H29BrClN3O3Si. The van der Waals surface area contributed by atoms with Crippen molar-refractivity contribution in [3.05, 3.63) is 31.6 Å². The number of pyridine rings is 1. The Kier molecular flexibility index (Phi) is 5.93. The fourth-order valence-corrected chi connectivity index (χ4v) is 5.50. The molecule has 0 unspecified atom stereocenters. The molecule has 1 amide bonds. The highest BCUT2D eigenvalue weighted by Crippen LogP contribution is 2.37. The van der Waals surface area contributed by atoms with Crippen molar-refractivity contribution < 1.29 is 9.22 Å². The van der Waals surface area contributed by atoms with Crippen molar-refractivity contribution in [2.24, 2.45) is 0 Å². The number of halogens is 2. The Morgan fingerprint density at radius 1 is 1.29 bits per heavy atom. The lowest BCUT2D eigenvalue weighted by molar-refractivity contribution is 0.0697. The summed E-state index contributed by atoms with van der Waals surface area (Å²) in [7, 11) is -1.75. The van der Waals surface area contributed by atoms with E-state index < -0.39 is 14.0 Å². The number of nitrogens with one attached hydrogen (secondary N) is 1.